The maximum Gasteiger partial charge on any atom is 0.498 e. The molecular weight excluding hydrogens is 332 g/mol. The van der Waals surface area contributed by atoms with E-state index in [2.05, 4.69) is 0 Å². The van der Waals surface area contributed by atoms with Gasteiger partial charge in [0.25, 0.3) is 0 Å². The van der Waals surface area contributed by atoms with Crippen LogP contribution in [0.5, 0.6) is 17.2 Å². The Balaban J connectivity index is 0.00000288. The predicted molar refractivity (Wildman–Crippen MR) is 87.7 cm³/mol. The molecule has 0 bridgehead atoms. The van der Waals surface area contributed by atoms with Crippen molar-refractivity contribution in [2.24, 2.45) is 14.1 Å². The molecule has 1 aromatic carbocycles. The highest BCUT2D eigenvalue weighted by Crippen LogP contribution is 2.37. The van der Waals surface area contributed by atoms with Crippen LogP contribution in [0.25, 0.3) is 12.2 Å². The molecule has 7 heteroatoms. The summed E-state index contributed by atoms with van der Waals surface area (Å²) < 4.78 is 13.5. The van der Waals surface area contributed by atoms with Gasteiger partial charge in [-0.2, -0.15) is 13.9 Å². The molecule has 2 aromatic rings. The van der Waals surface area contributed by atoms with Crippen LogP contribution < -0.4 is 32.1 Å². The summed E-state index contributed by atoms with van der Waals surface area (Å²) in [5.74, 6) is 0.865. The lowest BCUT2D eigenvalue weighted by molar-refractivity contribution is -0.692. The Labute approximate surface area is 147 Å². The molecule has 0 aliphatic rings. The molecular formula is C17H21ClN2O4. The number of rotatable bonds is 4. The lowest BCUT2D eigenvalue weighted by atomic mass is 10.1. The van der Waals surface area contributed by atoms with Crippen molar-refractivity contribution in [1.82, 2.24) is 4.57 Å². The third kappa shape index (κ3) is 3.54. The Kier molecular flexibility index (Phi) is 6.42. The summed E-state index contributed by atoms with van der Waals surface area (Å²) in [6, 6.07) is 5.24. The Hall–Kier alpha value is -2.47. The van der Waals surface area contributed by atoms with E-state index in [1.54, 1.807) is 42.9 Å². The standard InChI is InChI=1S/C17H20N2O4.ClH/c1-11-10-12(19(3)17(21)18(11)2)6-7-13-14(22-4)8-9-15(23-5)16(13)20;/h6-10H,1-5H3;1H. The molecule has 2 rings (SSSR count). The van der Waals surface area contributed by atoms with E-state index in [0.29, 0.717) is 17.1 Å². The second kappa shape index (κ2) is 7.88. The molecule has 0 spiro atoms. The first-order valence-electron chi connectivity index (χ1n) is 7.09. The van der Waals surface area contributed by atoms with Crippen LogP contribution in [0.2, 0.25) is 0 Å². The van der Waals surface area contributed by atoms with Crippen molar-refractivity contribution in [1.29, 1.82) is 0 Å². The third-order valence-electron chi connectivity index (χ3n) is 3.85. The van der Waals surface area contributed by atoms with Crippen molar-refractivity contribution in [3.8, 4) is 17.2 Å². The first-order valence-corrected chi connectivity index (χ1v) is 7.09. The molecule has 0 atom stereocenters. The molecule has 0 fully saturated rings. The van der Waals surface area contributed by atoms with Gasteiger partial charge in [0.2, 0.25) is 0 Å². The van der Waals surface area contributed by atoms with Crippen molar-refractivity contribution < 1.29 is 31.6 Å². The SMILES string of the molecule is COc1ccc(OC)c(C=Cc2cc(C)n(C)c(=O)[n+]2C)c1O.[Cl-]. The third-order valence-corrected chi connectivity index (χ3v) is 3.85. The number of aromatic hydroxyl groups is 1. The van der Waals surface area contributed by atoms with Gasteiger partial charge >= 0.3 is 5.69 Å². The minimum Gasteiger partial charge on any atom is -1.00 e. The second-order valence-corrected chi connectivity index (χ2v) is 5.18. The summed E-state index contributed by atoms with van der Waals surface area (Å²) >= 11 is 0. The number of phenols is 1. The van der Waals surface area contributed by atoms with Crippen LogP contribution >= 0.6 is 0 Å². The number of aryl methyl sites for hydroxylation is 1. The highest BCUT2D eigenvalue weighted by atomic mass is 35.5. The van der Waals surface area contributed by atoms with Gasteiger partial charge in [0, 0.05) is 6.07 Å². The van der Waals surface area contributed by atoms with E-state index in [1.165, 1.54) is 18.8 Å². The summed E-state index contributed by atoms with van der Waals surface area (Å²) in [6.07, 6.45) is 3.45. The lowest BCUT2D eigenvalue weighted by Crippen LogP contribution is -3.00. The van der Waals surface area contributed by atoms with E-state index in [1.807, 2.05) is 13.0 Å². The van der Waals surface area contributed by atoms with E-state index in [-0.39, 0.29) is 23.8 Å². The van der Waals surface area contributed by atoms with Crippen LogP contribution in [0.15, 0.2) is 23.0 Å². The van der Waals surface area contributed by atoms with Crippen LogP contribution in [-0.2, 0) is 14.1 Å². The number of phenolic OH excluding ortho intramolecular Hbond substituents is 1. The van der Waals surface area contributed by atoms with Gasteiger partial charge in [-0.3, -0.25) is 0 Å². The molecule has 1 N–H and O–H groups in total. The Morgan fingerprint density at radius 1 is 1.17 bits per heavy atom. The van der Waals surface area contributed by atoms with Crippen molar-refractivity contribution >= 4 is 12.2 Å². The van der Waals surface area contributed by atoms with Crippen LogP contribution in [0.4, 0.5) is 0 Å². The average Bonchev–Trinajstić information content (AvgIpc) is 2.55. The minimum absolute atomic E-state index is 0. The topological polar surface area (TPSA) is 64.6 Å². The number of hydrogen-bond donors (Lipinski definition) is 1. The van der Waals surface area contributed by atoms with Crippen molar-refractivity contribution in [3.63, 3.8) is 0 Å². The Morgan fingerprint density at radius 3 is 2.33 bits per heavy atom. The maximum absolute atomic E-state index is 12.1. The summed E-state index contributed by atoms with van der Waals surface area (Å²) in [6.45, 7) is 1.86. The fourth-order valence-corrected chi connectivity index (χ4v) is 2.30. The maximum atomic E-state index is 12.1. The fourth-order valence-electron chi connectivity index (χ4n) is 2.30. The number of ether oxygens (including phenoxy) is 2. The van der Waals surface area contributed by atoms with Gasteiger partial charge in [-0.15, -0.1) is 0 Å². The van der Waals surface area contributed by atoms with Crippen molar-refractivity contribution in [2.75, 3.05) is 14.2 Å². The Morgan fingerprint density at radius 2 is 1.75 bits per heavy atom. The monoisotopic (exact) mass is 352 g/mol. The molecule has 0 unspecified atom stereocenters. The molecule has 0 amide bonds. The number of hydrogen-bond acceptors (Lipinski definition) is 4. The molecule has 24 heavy (non-hydrogen) atoms. The van der Waals surface area contributed by atoms with Gasteiger partial charge in [-0.25, -0.2) is 0 Å². The summed E-state index contributed by atoms with van der Waals surface area (Å²) in [4.78, 5) is 12.1. The molecule has 1 heterocycles. The molecule has 0 saturated carbocycles. The van der Waals surface area contributed by atoms with E-state index < -0.39 is 0 Å². The molecule has 0 aliphatic carbocycles. The van der Waals surface area contributed by atoms with Gasteiger partial charge in [-0.1, -0.05) is 0 Å². The van der Waals surface area contributed by atoms with Gasteiger partial charge in [0.05, 0.1) is 33.9 Å². The molecule has 0 radical (unpaired) electrons. The number of halogens is 1. The lowest BCUT2D eigenvalue weighted by Gasteiger charge is -2.10. The summed E-state index contributed by atoms with van der Waals surface area (Å²) in [7, 11) is 6.44. The number of benzene rings is 1. The summed E-state index contributed by atoms with van der Waals surface area (Å²) in [5, 5.41) is 10.3. The van der Waals surface area contributed by atoms with Crippen molar-refractivity contribution in [3.05, 3.63) is 45.6 Å². The van der Waals surface area contributed by atoms with E-state index in [0.717, 1.165) is 11.4 Å². The van der Waals surface area contributed by atoms with Crippen LogP contribution in [0.1, 0.15) is 17.0 Å². The summed E-state index contributed by atoms with van der Waals surface area (Å²) in [5.41, 5.74) is 1.93. The van der Waals surface area contributed by atoms with Gasteiger partial charge in [0.15, 0.2) is 11.5 Å². The zero-order valence-corrected chi connectivity index (χ0v) is 15.1. The first-order chi connectivity index (χ1) is 10.9. The smallest absolute Gasteiger partial charge is 0.498 e. The zero-order valence-electron chi connectivity index (χ0n) is 14.3. The number of methoxy groups -OCH3 is 2. The number of nitrogens with zero attached hydrogens (tertiary/aromatic N) is 2. The van der Waals surface area contributed by atoms with Gasteiger partial charge < -0.3 is 27.0 Å². The van der Waals surface area contributed by atoms with Crippen molar-refractivity contribution in [2.45, 2.75) is 6.92 Å². The van der Waals surface area contributed by atoms with E-state index >= 15 is 0 Å². The highest BCUT2D eigenvalue weighted by Gasteiger charge is 2.14. The minimum atomic E-state index is -0.119. The largest absolute Gasteiger partial charge is 1.00 e. The van der Waals surface area contributed by atoms with E-state index in [9.17, 15) is 9.90 Å². The second-order valence-electron chi connectivity index (χ2n) is 5.18. The molecule has 0 aliphatic heterocycles. The van der Waals surface area contributed by atoms with Gasteiger partial charge in [0.1, 0.15) is 17.1 Å². The van der Waals surface area contributed by atoms with Crippen LogP contribution in [0, 0.1) is 6.92 Å². The quantitative estimate of drug-likeness (QED) is 0.674. The molecule has 6 nitrogen and oxygen atoms in total. The number of aromatic nitrogens is 2. The van der Waals surface area contributed by atoms with Crippen LogP contribution in [-0.4, -0.2) is 23.9 Å². The Bertz CT molecular complexity index is 828. The average molecular weight is 353 g/mol. The van der Waals surface area contributed by atoms with Gasteiger partial charge in [-0.05, 0) is 31.2 Å². The zero-order chi connectivity index (χ0) is 17.1. The normalized spacial score (nSPS) is 10.5. The van der Waals surface area contributed by atoms with E-state index in [4.69, 9.17) is 9.47 Å². The molecule has 1 aromatic heterocycles. The fraction of sp³-hybridized carbons (Fsp3) is 0.294. The first kappa shape index (κ1) is 19.6. The molecule has 0 saturated heterocycles. The highest BCUT2D eigenvalue weighted by molar-refractivity contribution is 5.76. The molecule has 130 valence electrons. The predicted octanol–water partition coefficient (Wildman–Crippen LogP) is -1.58. The van der Waals surface area contributed by atoms with Crippen LogP contribution in [0.3, 0.4) is 0 Å².